The van der Waals surface area contributed by atoms with Crippen LogP contribution in [0.5, 0.6) is 0 Å². The van der Waals surface area contributed by atoms with Crippen LogP contribution in [0.15, 0.2) is 11.8 Å². The molecule has 2 fully saturated rings. The van der Waals surface area contributed by atoms with Crippen molar-refractivity contribution in [3.05, 3.63) is 11.8 Å². The monoisotopic (exact) mass is 293 g/mol. The maximum absolute atomic E-state index is 11.8. The van der Waals surface area contributed by atoms with Crippen molar-refractivity contribution in [2.75, 3.05) is 32.7 Å². The molecule has 21 heavy (non-hydrogen) atoms. The van der Waals surface area contributed by atoms with E-state index in [9.17, 15) is 9.59 Å². The number of carbonyl (C=O) groups is 2. The van der Waals surface area contributed by atoms with Crippen molar-refractivity contribution < 1.29 is 19.1 Å². The molecule has 114 valence electrons. The predicted octanol–water partition coefficient (Wildman–Crippen LogP) is 0.238. The van der Waals surface area contributed by atoms with Gasteiger partial charge in [-0.15, -0.1) is 0 Å². The maximum Gasteiger partial charge on any atom is 0.350 e. The molecule has 0 N–H and O–H groups in total. The van der Waals surface area contributed by atoms with Crippen molar-refractivity contribution in [2.45, 2.75) is 26.1 Å². The van der Waals surface area contributed by atoms with Gasteiger partial charge >= 0.3 is 11.9 Å². The van der Waals surface area contributed by atoms with Crippen LogP contribution in [-0.4, -0.2) is 60.2 Å². The van der Waals surface area contributed by atoms with Crippen LogP contribution in [0.2, 0.25) is 0 Å². The van der Waals surface area contributed by atoms with E-state index >= 15 is 0 Å². The Morgan fingerprint density at radius 2 is 1.76 bits per heavy atom. The Labute approximate surface area is 123 Å². The third kappa shape index (κ3) is 3.95. The minimum Gasteiger partial charge on any atom is -0.419 e. The number of carbonyl (C=O) groups excluding carboxylic acids is 2. The molecule has 2 saturated heterocycles. The zero-order valence-corrected chi connectivity index (χ0v) is 12.3. The number of nitrogens with zero attached hydrogens (tertiary/aromatic N) is 3. The number of cyclic esters (lactones) is 2. The van der Waals surface area contributed by atoms with E-state index in [4.69, 9.17) is 14.7 Å². The van der Waals surface area contributed by atoms with Crippen LogP contribution < -0.4 is 0 Å². The topological polar surface area (TPSA) is 82.9 Å². The molecule has 2 aliphatic rings. The fourth-order valence-electron chi connectivity index (χ4n) is 2.27. The number of nitriles is 1. The molecule has 0 atom stereocenters. The smallest absolute Gasteiger partial charge is 0.350 e. The van der Waals surface area contributed by atoms with Gasteiger partial charge in [0.2, 0.25) is 0 Å². The first-order valence-corrected chi connectivity index (χ1v) is 6.93. The molecule has 0 amide bonds. The zero-order chi connectivity index (χ0) is 15.5. The molecule has 0 bridgehead atoms. The number of esters is 2. The van der Waals surface area contributed by atoms with Crippen molar-refractivity contribution in [1.82, 2.24) is 9.80 Å². The molecule has 2 aliphatic heterocycles. The molecule has 0 aromatic heterocycles. The summed E-state index contributed by atoms with van der Waals surface area (Å²) in [7, 11) is 0. The fraction of sp³-hybridized carbons (Fsp3) is 0.643. The average molecular weight is 293 g/mol. The zero-order valence-electron chi connectivity index (χ0n) is 12.3. The van der Waals surface area contributed by atoms with E-state index in [1.165, 1.54) is 20.0 Å². The van der Waals surface area contributed by atoms with Gasteiger partial charge in [0.25, 0.3) is 5.79 Å². The maximum atomic E-state index is 11.8. The first-order chi connectivity index (χ1) is 9.91. The summed E-state index contributed by atoms with van der Waals surface area (Å²) in [5.74, 6) is -2.51. The van der Waals surface area contributed by atoms with Gasteiger partial charge in [-0.3, -0.25) is 4.90 Å². The molecule has 0 unspecified atom stereocenters. The van der Waals surface area contributed by atoms with E-state index in [2.05, 4.69) is 11.0 Å². The third-order valence-electron chi connectivity index (χ3n) is 3.38. The minimum absolute atomic E-state index is 0.0696. The standard InChI is InChI=1S/C14H19N3O4/c1-14(2)20-12(18)11(13(19)21-14)10-17-8-6-16(7-9-17)5-3-4-15/h10H,3,5-9H2,1-2H3. The van der Waals surface area contributed by atoms with Crippen LogP contribution in [-0.2, 0) is 19.1 Å². The molecular weight excluding hydrogens is 274 g/mol. The molecule has 2 rings (SSSR count). The molecule has 7 heteroatoms. The predicted molar refractivity (Wildman–Crippen MR) is 72.6 cm³/mol. The number of ether oxygens (including phenoxy) is 2. The van der Waals surface area contributed by atoms with Gasteiger partial charge in [-0.1, -0.05) is 0 Å². The normalized spacial score (nSPS) is 22.3. The summed E-state index contributed by atoms with van der Waals surface area (Å²) in [5, 5.41) is 8.57. The highest BCUT2D eigenvalue weighted by molar-refractivity contribution is 6.15. The van der Waals surface area contributed by atoms with Crippen molar-refractivity contribution in [1.29, 1.82) is 5.26 Å². The summed E-state index contributed by atoms with van der Waals surface area (Å²) < 4.78 is 10.1. The lowest BCUT2D eigenvalue weighted by Gasteiger charge is -2.35. The summed E-state index contributed by atoms with van der Waals surface area (Å²) in [6.45, 7) is 6.76. The van der Waals surface area contributed by atoms with Gasteiger partial charge in [0, 0.05) is 59.2 Å². The van der Waals surface area contributed by atoms with Gasteiger partial charge < -0.3 is 14.4 Å². The third-order valence-corrected chi connectivity index (χ3v) is 3.38. The second-order valence-corrected chi connectivity index (χ2v) is 5.51. The molecule has 0 aromatic rings. The van der Waals surface area contributed by atoms with Gasteiger partial charge in [0.05, 0.1) is 6.07 Å². The van der Waals surface area contributed by atoms with Crippen LogP contribution in [0.1, 0.15) is 20.3 Å². The average Bonchev–Trinajstić information content (AvgIpc) is 2.41. The lowest BCUT2D eigenvalue weighted by Crippen LogP contribution is -2.46. The van der Waals surface area contributed by atoms with Crippen LogP contribution >= 0.6 is 0 Å². The Morgan fingerprint density at radius 3 is 2.29 bits per heavy atom. The Bertz CT molecular complexity index is 477. The van der Waals surface area contributed by atoms with E-state index in [0.717, 1.165) is 19.6 Å². The summed E-state index contributed by atoms with van der Waals surface area (Å²) >= 11 is 0. The molecule has 0 saturated carbocycles. The van der Waals surface area contributed by atoms with E-state index in [1.54, 1.807) is 0 Å². The molecule has 0 spiro atoms. The van der Waals surface area contributed by atoms with Crippen LogP contribution in [0.3, 0.4) is 0 Å². The van der Waals surface area contributed by atoms with Gasteiger partial charge in [-0.05, 0) is 0 Å². The highest BCUT2D eigenvalue weighted by Gasteiger charge is 2.39. The van der Waals surface area contributed by atoms with Gasteiger partial charge in [0.15, 0.2) is 5.57 Å². The van der Waals surface area contributed by atoms with Crippen LogP contribution in [0, 0.1) is 11.3 Å². The lowest BCUT2D eigenvalue weighted by atomic mass is 10.2. The molecule has 0 aliphatic carbocycles. The first-order valence-electron chi connectivity index (χ1n) is 6.93. The Balaban J connectivity index is 1.94. The van der Waals surface area contributed by atoms with Crippen molar-refractivity contribution >= 4 is 11.9 Å². The number of rotatable bonds is 3. The summed E-state index contributed by atoms with van der Waals surface area (Å²) in [6, 6.07) is 2.12. The number of hydrogen-bond acceptors (Lipinski definition) is 7. The van der Waals surface area contributed by atoms with Crippen LogP contribution in [0.4, 0.5) is 0 Å². The van der Waals surface area contributed by atoms with Gasteiger partial charge in [-0.25, -0.2) is 9.59 Å². The quantitative estimate of drug-likeness (QED) is 0.418. The van der Waals surface area contributed by atoms with Crippen LogP contribution in [0.25, 0.3) is 0 Å². The summed E-state index contributed by atoms with van der Waals surface area (Å²) in [5.41, 5.74) is -0.0696. The van der Waals surface area contributed by atoms with Gasteiger partial charge in [-0.2, -0.15) is 5.26 Å². The molecule has 2 heterocycles. The lowest BCUT2D eigenvalue weighted by molar-refractivity contribution is -0.222. The highest BCUT2D eigenvalue weighted by Crippen LogP contribution is 2.23. The molecular formula is C14H19N3O4. The van der Waals surface area contributed by atoms with E-state index in [0.29, 0.717) is 19.5 Å². The van der Waals surface area contributed by atoms with E-state index < -0.39 is 17.7 Å². The number of piperazine rings is 1. The highest BCUT2D eigenvalue weighted by atomic mass is 16.7. The van der Waals surface area contributed by atoms with Crippen molar-refractivity contribution in [3.8, 4) is 6.07 Å². The molecule has 0 aromatic carbocycles. The van der Waals surface area contributed by atoms with Crippen molar-refractivity contribution in [3.63, 3.8) is 0 Å². The summed E-state index contributed by atoms with van der Waals surface area (Å²) in [4.78, 5) is 27.8. The van der Waals surface area contributed by atoms with E-state index in [1.807, 2.05) is 4.90 Å². The Morgan fingerprint density at radius 1 is 1.19 bits per heavy atom. The minimum atomic E-state index is -1.21. The summed E-state index contributed by atoms with van der Waals surface area (Å²) in [6.07, 6.45) is 2.02. The first kappa shape index (κ1) is 15.3. The van der Waals surface area contributed by atoms with Crippen molar-refractivity contribution in [2.24, 2.45) is 0 Å². The van der Waals surface area contributed by atoms with Gasteiger partial charge in [0.1, 0.15) is 0 Å². The largest absolute Gasteiger partial charge is 0.419 e. The SMILES string of the molecule is CC1(C)OC(=O)C(=CN2CCN(CCC#N)CC2)C(=O)O1. The molecule has 7 nitrogen and oxygen atoms in total. The molecule has 0 radical (unpaired) electrons. The Kier molecular flexibility index (Phi) is 4.48. The fourth-order valence-corrected chi connectivity index (χ4v) is 2.27. The second-order valence-electron chi connectivity index (χ2n) is 5.51. The number of hydrogen-bond donors (Lipinski definition) is 0. The second kappa shape index (κ2) is 6.14. The van der Waals surface area contributed by atoms with E-state index in [-0.39, 0.29) is 5.57 Å². The Hall–Kier alpha value is -2.07.